The van der Waals surface area contributed by atoms with Crippen molar-refractivity contribution < 1.29 is 27.4 Å². The highest BCUT2D eigenvalue weighted by Crippen LogP contribution is 2.29. The molecule has 0 aliphatic carbocycles. The van der Waals surface area contributed by atoms with Gasteiger partial charge in [-0.25, -0.2) is 13.8 Å². The van der Waals surface area contributed by atoms with Gasteiger partial charge < -0.3 is 14.4 Å². The molecule has 0 spiro atoms. The highest BCUT2D eigenvalue weighted by atomic mass is 19.3. The van der Waals surface area contributed by atoms with E-state index in [1.807, 2.05) is 45.0 Å². The maximum Gasteiger partial charge on any atom is 0.278 e. The Morgan fingerprint density at radius 2 is 1.91 bits per heavy atom. The number of nitrogens with zero attached hydrogens (tertiary/aromatic N) is 3. The molecule has 1 saturated heterocycles. The first kappa shape index (κ1) is 24.8. The van der Waals surface area contributed by atoms with E-state index < -0.39 is 24.2 Å². The number of carbonyl (C=O) groups is 1. The number of aromatic nitrogens is 2. The van der Waals surface area contributed by atoms with Crippen molar-refractivity contribution in [1.29, 1.82) is 0 Å². The van der Waals surface area contributed by atoms with Gasteiger partial charge >= 0.3 is 0 Å². The minimum Gasteiger partial charge on any atom is -0.489 e. The van der Waals surface area contributed by atoms with Gasteiger partial charge in [-0.3, -0.25) is 4.79 Å². The topological polar surface area (TPSA) is 64.5 Å². The van der Waals surface area contributed by atoms with E-state index in [1.54, 1.807) is 4.90 Å². The lowest BCUT2D eigenvalue weighted by Gasteiger charge is -2.20. The molecule has 2 heterocycles. The van der Waals surface area contributed by atoms with Crippen LogP contribution in [0.5, 0.6) is 11.6 Å². The third-order valence-electron chi connectivity index (χ3n) is 5.42. The smallest absolute Gasteiger partial charge is 0.278 e. The van der Waals surface area contributed by atoms with E-state index in [-0.39, 0.29) is 23.6 Å². The molecule has 1 fully saturated rings. The van der Waals surface area contributed by atoms with Crippen LogP contribution in [0.1, 0.15) is 52.0 Å². The Hall–Kier alpha value is -2.84. The Bertz CT molecular complexity index is 948. The second-order valence-electron chi connectivity index (χ2n) is 9.00. The third kappa shape index (κ3) is 6.82. The fourth-order valence-corrected chi connectivity index (χ4v) is 3.67. The first-order valence-corrected chi connectivity index (χ1v) is 11.1. The molecule has 0 amide bonds. The van der Waals surface area contributed by atoms with Gasteiger partial charge in [-0.05, 0) is 23.6 Å². The number of Topliss-reactive ketones (excluding diaryl/α,β-unsaturated/α-hetero) is 1. The summed E-state index contributed by atoms with van der Waals surface area (Å²) in [5.41, 5.74) is 0.939. The van der Waals surface area contributed by atoms with Crippen molar-refractivity contribution in [3.8, 4) is 11.6 Å². The van der Waals surface area contributed by atoms with Crippen LogP contribution >= 0.6 is 0 Å². The minimum atomic E-state index is -3.10. The Kier molecular flexibility index (Phi) is 7.81. The fraction of sp³-hybridized carbons (Fsp3) is 0.542. The number of ether oxygens (including phenoxy) is 2. The molecule has 0 radical (unpaired) electrons. The van der Waals surface area contributed by atoms with E-state index in [2.05, 4.69) is 9.97 Å². The lowest BCUT2D eigenvalue weighted by Crippen LogP contribution is -2.27. The molecule has 1 aromatic carbocycles. The van der Waals surface area contributed by atoms with Gasteiger partial charge in [0.05, 0.1) is 6.54 Å². The van der Waals surface area contributed by atoms with Crippen molar-refractivity contribution in [1.82, 2.24) is 9.97 Å². The molecule has 9 heteroatoms. The van der Waals surface area contributed by atoms with Crippen LogP contribution in [0.4, 0.5) is 19.0 Å². The van der Waals surface area contributed by atoms with Crippen molar-refractivity contribution in [2.45, 2.75) is 58.5 Å². The van der Waals surface area contributed by atoms with E-state index in [4.69, 9.17) is 9.47 Å². The van der Waals surface area contributed by atoms with Crippen LogP contribution in [0.25, 0.3) is 0 Å². The van der Waals surface area contributed by atoms with Gasteiger partial charge in [-0.15, -0.1) is 0 Å². The molecule has 2 atom stereocenters. The fourth-order valence-electron chi connectivity index (χ4n) is 3.67. The number of benzene rings is 1. The van der Waals surface area contributed by atoms with Gasteiger partial charge in [-0.1, -0.05) is 32.9 Å². The molecule has 2 aromatic rings. The van der Waals surface area contributed by atoms with Crippen LogP contribution in [0.15, 0.2) is 30.6 Å². The van der Waals surface area contributed by atoms with Crippen LogP contribution in [0.2, 0.25) is 0 Å². The predicted octanol–water partition coefficient (Wildman–Crippen LogP) is 5.03. The number of alkyl halides is 2. The third-order valence-corrected chi connectivity index (χ3v) is 5.42. The molecule has 0 N–H and O–H groups in total. The summed E-state index contributed by atoms with van der Waals surface area (Å²) in [6, 6.07) is 7.45. The maximum atomic E-state index is 14.7. The van der Waals surface area contributed by atoms with Crippen molar-refractivity contribution in [2.75, 3.05) is 24.6 Å². The van der Waals surface area contributed by atoms with E-state index in [1.165, 1.54) is 0 Å². The Labute approximate surface area is 192 Å². The van der Waals surface area contributed by atoms with Gasteiger partial charge in [-0.2, -0.15) is 9.37 Å². The minimum absolute atomic E-state index is 0.00152. The van der Waals surface area contributed by atoms with E-state index >= 15 is 0 Å². The second-order valence-corrected chi connectivity index (χ2v) is 9.00. The number of hydrogen-bond donors (Lipinski definition) is 0. The van der Waals surface area contributed by atoms with Gasteiger partial charge in [0.25, 0.3) is 11.8 Å². The summed E-state index contributed by atoms with van der Waals surface area (Å²) in [6.45, 7) is 6.54. The number of hydrogen-bond acceptors (Lipinski definition) is 6. The van der Waals surface area contributed by atoms with Crippen molar-refractivity contribution in [3.05, 3.63) is 42.0 Å². The quantitative estimate of drug-likeness (QED) is 0.491. The molecule has 180 valence electrons. The second kappa shape index (κ2) is 10.4. The average molecular weight is 466 g/mol. The largest absolute Gasteiger partial charge is 0.489 e. The molecule has 1 aromatic heterocycles. The number of halogens is 3. The molecule has 1 aliphatic rings. The molecule has 1 aliphatic heterocycles. The number of carbonyl (C=O) groups excluding carboxylic acids is 1. The average Bonchev–Trinajstić information content (AvgIpc) is 3.20. The lowest BCUT2D eigenvalue weighted by molar-refractivity contribution is -0.120. The van der Waals surface area contributed by atoms with Crippen LogP contribution in [0, 0.1) is 11.7 Å². The standard InChI is InChI=1S/C24H30F3N3O3/c1-15(2)11-20(31)16(3)17-5-7-18(8-6-17)33-19-9-10-30(12-19)22-21(25)23(29-14-28-22)32-13-24(4,26)27/h5-8,14-16,19H,9-13H2,1-4H3. The Balaban J connectivity index is 1.59. The van der Waals surface area contributed by atoms with Gasteiger partial charge in [0.1, 0.15) is 24.0 Å². The van der Waals surface area contributed by atoms with E-state index in [0.717, 1.165) is 11.9 Å². The van der Waals surface area contributed by atoms with Crippen LogP contribution in [0.3, 0.4) is 0 Å². The van der Waals surface area contributed by atoms with Crippen LogP contribution < -0.4 is 14.4 Å². The molecule has 0 saturated carbocycles. The van der Waals surface area contributed by atoms with Crippen LogP contribution in [-0.2, 0) is 4.79 Å². The van der Waals surface area contributed by atoms with E-state index in [0.29, 0.717) is 44.5 Å². The zero-order valence-corrected chi connectivity index (χ0v) is 19.4. The van der Waals surface area contributed by atoms with Gasteiger partial charge in [0.2, 0.25) is 5.82 Å². The van der Waals surface area contributed by atoms with Crippen molar-refractivity contribution >= 4 is 11.6 Å². The monoisotopic (exact) mass is 465 g/mol. The summed E-state index contributed by atoms with van der Waals surface area (Å²) in [7, 11) is 0. The Morgan fingerprint density at radius 1 is 1.21 bits per heavy atom. The maximum absolute atomic E-state index is 14.7. The first-order chi connectivity index (χ1) is 15.5. The molecular weight excluding hydrogens is 435 g/mol. The lowest BCUT2D eigenvalue weighted by atomic mass is 9.92. The first-order valence-electron chi connectivity index (χ1n) is 11.1. The van der Waals surface area contributed by atoms with E-state index in [9.17, 15) is 18.0 Å². The summed E-state index contributed by atoms with van der Waals surface area (Å²) < 4.78 is 51.6. The predicted molar refractivity (Wildman–Crippen MR) is 119 cm³/mol. The highest BCUT2D eigenvalue weighted by molar-refractivity contribution is 5.85. The number of ketones is 1. The normalized spacial score (nSPS) is 17.3. The summed E-state index contributed by atoms with van der Waals surface area (Å²) in [4.78, 5) is 21.6. The van der Waals surface area contributed by atoms with Gasteiger partial charge in [0, 0.05) is 32.2 Å². The molecule has 2 unspecified atom stereocenters. The SMILES string of the molecule is CC(C)CC(=O)C(C)c1ccc(OC2CCN(c3ncnc(OCC(C)(F)F)c3F)C2)cc1. The highest BCUT2D eigenvalue weighted by Gasteiger charge is 2.30. The summed E-state index contributed by atoms with van der Waals surface area (Å²) >= 11 is 0. The zero-order valence-electron chi connectivity index (χ0n) is 19.4. The molecular formula is C24H30F3N3O3. The zero-order chi connectivity index (χ0) is 24.2. The Morgan fingerprint density at radius 3 is 2.55 bits per heavy atom. The summed E-state index contributed by atoms with van der Waals surface area (Å²) in [5.74, 6) is -3.45. The number of anilines is 1. The van der Waals surface area contributed by atoms with Gasteiger partial charge in [0.15, 0.2) is 12.4 Å². The molecule has 6 nitrogen and oxygen atoms in total. The molecule has 0 bridgehead atoms. The van der Waals surface area contributed by atoms with Crippen molar-refractivity contribution in [2.24, 2.45) is 5.92 Å². The molecule has 33 heavy (non-hydrogen) atoms. The number of rotatable bonds is 10. The molecule has 3 rings (SSSR count). The van der Waals surface area contributed by atoms with Crippen molar-refractivity contribution in [3.63, 3.8) is 0 Å². The van der Waals surface area contributed by atoms with Crippen LogP contribution in [-0.4, -0.2) is 47.5 Å². The summed E-state index contributed by atoms with van der Waals surface area (Å²) in [5, 5.41) is 0. The summed E-state index contributed by atoms with van der Waals surface area (Å²) in [6.07, 6.45) is 2.08.